The normalized spacial score (nSPS) is 18.0. The van der Waals surface area contributed by atoms with Crippen LogP contribution < -0.4 is 25.0 Å². The molecule has 7 nitrogen and oxygen atoms in total. The highest BCUT2D eigenvalue weighted by Crippen LogP contribution is 2.31. The van der Waals surface area contributed by atoms with Gasteiger partial charge in [-0.05, 0) is 56.3 Å². The van der Waals surface area contributed by atoms with Crippen molar-refractivity contribution < 1.29 is 13.9 Å². The van der Waals surface area contributed by atoms with Crippen LogP contribution in [0.5, 0.6) is 11.5 Å². The molecule has 0 atom stereocenters. The van der Waals surface area contributed by atoms with E-state index in [4.69, 9.17) is 19.4 Å². The summed E-state index contributed by atoms with van der Waals surface area (Å²) < 4.78 is 24.8. The number of halogens is 1. The van der Waals surface area contributed by atoms with Gasteiger partial charge in [0.2, 0.25) is 5.95 Å². The summed E-state index contributed by atoms with van der Waals surface area (Å²) in [4.78, 5) is 11.5. The van der Waals surface area contributed by atoms with Crippen LogP contribution in [0.15, 0.2) is 36.4 Å². The Morgan fingerprint density at radius 3 is 2.41 bits per heavy atom. The van der Waals surface area contributed by atoms with E-state index in [1.54, 1.807) is 13.2 Å². The van der Waals surface area contributed by atoms with E-state index in [9.17, 15) is 4.39 Å². The van der Waals surface area contributed by atoms with Gasteiger partial charge >= 0.3 is 0 Å². The summed E-state index contributed by atoms with van der Waals surface area (Å²) in [5, 5.41) is 8.03. The molecule has 0 saturated heterocycles. The first-order valence-corrected chi connectivity index (χ1v) is 11.8. The van der Waals surface area contributed by atoms with E-state index >= 15 is 0 Å². The Labute approximate surface area is 200 Å². The molecule has 182 valence electrons. The Bertz CT molecular complexity index is 1120. The van der Waals surface area contributed by atoms with Crippen molar-refractivity contribution in [1.82, 2.24) is 15.3 Å². The van der Waals surface area contributed by atoms with Crippen LogP contribution in [0.4, 0.5) is 16.2 Å². The Kier molecular flexibility index (Phi) is 7.67. The summed E-state index contributed by atoms with van der Waals surface area (Å²) >= 11 is 0. The zero-order valence-electron chi connectivity index (χ0n) is 20.4. The molecule has 1 fully saturated rings. The van der Waals surface area contributed by atoms with Gasteiger partial charge < -0.3 is 25.0 Å². The largest absolute Gasteiger partial charge is 0.493 e. The molecule has 3 aromatic rings. The first kappa shape index (κ1) is 24.0. The average molecular weight is 468 g/mol. The SMILES string of the molecule is COc1cc(F)c(CNCC2CCC(Nc3nc(N(C)C)c4ccccc4n3)CC2)cc1OC. The predicted molar refractivity (Wildman–Crippen MR) is 134 cm³/mol. The number of methoxy groups -OCH3 is 2. The van der Waals surface area contributed by atoms with Crippen LogP contribution >= 0.6 is 0 Å². The van der Waals surface area contributed by atoms with Crippen molar-refractivity contribution in [3.8, 4) is 11.5 Å². The van der Waals surface area contributed by atoms with Crippen LogP contribution in [0.25, 0.3) is 10.9 Å². The maximum Gasteiger partial charge on any atom is 0.225 e. The Balaban J connectivity index is 1.29. The molecule has 0 radical (unpaired) electrons. The molecule has 0 unspecified atom stereocenters. The molecule has 4 rings (SSSR count). The fraction of sp³-hybridized carbons (Fsp3) is 0.462. The minimum absolute atomic E-state index is 0.287. The van der Waals surface area contributed by atoms with Gasteiger partial charge in [-0.3, -0.25) is 0 Å². The number of fused-ring (bicyclic) bond motifs is 1. The van der Waals surface area contributed by atoms with Crippen molar-refractivity contribution in [1.29, 1.82) is 0 Å². The average Bonchev–Trinajstić information content (AvgIpc) is 2.85. The number of hydrogen-bond acceptors (Lipinski definition) is 7. The van der Waals surface area contributed by atoms with Gasteiger partial charge in [-0.25, -0.2) is 9.37 Å². The van der Waals surface area contributed by atoms with E-state index in [1.165, 1.54) is 13.2 Å². The van der Waals surface area contributed by atoms with Gasteiger partial charge in [0, 0.05) is 43.7 Å². The highest BCUT2D eigenvalue weighted by Gasteiger charge is 2.22. The molecule has 2 N–H and O–H groups in total. The molecule has 0 aliphatic heterocycles. The summed E-state index contributed by atoms with van der Waals surface area (Å²) in [5.41, 5.74) is 1.53. The molecule has 0 bridgehead atoms. The summed E-state index contributed by atoms with van der Waals surface area (Å²) in [7, 11) is 7.08. The summed E-state index contributed by atoms with van der Waals surface area (Å²) in [5.74, 6) is 2.84. The zero-order valence-corrected chi connectivity index (χ0v) is 20.4. The minimum atomic E-state index is -0.287. The third kappa shape index (κ3) is 5.50. The Morgan fingerprint density at radius 1 is 1.00 bits per heavy atom. The van der Waals surface area contributed by atoms with Crippen molar-refractivity contribution in [2.45, 2.75) is 38.3 Å². The van der Waals surface area contributed by atoms with Crippen LogP contribution in [0.2, 0.25) is 0 Å². The number of ether oxygens (including phenoxy) is 2. The van der Waals surface area contributed by atoms with E-state index < -0.39 is 0 Å². The first-order valence-electron chi connectivity index (χ1n) is 11.8. The molecule has 8 heteroatoms. The Hall–Kier alpha value is -3.13. The highest BCUT2D eigenvalue weighted by atomic mass is 19.1. The molecule has 34 heavy (non-hydrogen) atoms. The van der Waals surface area contributed by atoms with Crippen molar-refractivity contribution in [3.63, 3.8) is 0 Å². The highest BCUT2D eigenvalue weighted by molar-refractivity contribution is 5.90. The topological polar surface area (TPSA) is 71.5 Å². The van der Waals surface area contributed by atoms with Crippen LogP contribution in [0.1, 0.15) is 31.2 Å². The number of nitrogens with zero attached hydrogens (tertiary/aromatic N) is 3. The van der Waals surface area contributed by atoms with E-state index in [0.717, 1.165) is 48.9 Å². The number of anilines is 2. The lowest BCUT2D eigenvalue weighted by Gasteiger charge is -2.29. The van der Waals surface area contributed by atoms with Crippen molar-refractivity contribution in [2.24, 2.45) is 5.92 Å². The molecular formula is C26H34FN5O2. The van der Waals surface area contributed by atoms with Crippen molar-refractivity contribution >= 4 is 22.7 Å². The molecular weight excluding hydrogens is 433 g/mol. The zero-order chi connectivity index (χ0) is 24.1. The lowest BCUT2D eigenvalue weighted by Crippen LogP contribution is -2.31. The van der Waals surface area contributed by atoms with Gasteiger partial charge in [0.15, 0.2) is 11.5 Å². The number of aromatic nitrogens is 2. The predicted octanol–water partition coefficient (Wildman–Crippen LogP) is 4.61. The smallest absolute Gasteiger partial charge is 0.225 e. The summed E-state index contributed by atoms with van der Waals surface area (Å²) in [6, 6.07) is 11.5. The maximum absolute atomic E-state index is 14.4. The van der Waals surface area contributed by atoms with Gasteiger partial charge in [-0.2, -0.15) is 4.98 Å². The van der Waals surface area contributed by atoms with Crippen LogP contribution in [-0.2, 0) is 6.54 Å². The van der Waals surface area contributed by atoms with Crippen LogP contribution in [-0.4, -0.2) is 50.9 Å². The first-order chi connectivity index (χ1) is 16.5. The van der Waals surface area contributed by atoms with E-state index in [-0.39, 0.29) is 5.82 Å². The Morgan fingerprint density at radius 2 is 1.71 bits per heavy atom. The van der Waals surface area contributed by atoms with Gasteiger partial charge in [-0.15, -0.1) is 0 Å². The van der Waals surface area contributed by atoms with Gasteiger partial charge in [0.1, 0.15) is 11.6 Å². The molecule has 1 heterocycles. The van der Waals surface area contributed by atoms with E-state index in [0.29, 0.717) is 41.5 Å². The molecule has 0 amide bonds. The summed E-state index contributed by atoms with van der Waals surface area (Å²) in [6.45, 7) is 1.32. The second-order valence-electron chi connectivity index (χ2n) is 9.07. The third-order valence-corrected chi connectivity index (χ3v) is 6.49. The van der Waals surface area contributed by atoms with E-state index in [1.807, 2.05) is 37.2 Å². The second-order valence-corrected chi connectivity index (χ2v) is 9.07. The number of hydrogen-bond donors (Lipinski definition) is 2. The van der Waals surface area contributed by atoms with E-state index in [2.05, 4.69) is 16.7 Å². The number of rotatable bonds is 9. The number of para-hydroxylation sites is 1. The fourth-order valence-electron chi connectivity index (χ4n) is 4.60. The molecule has 1 aliphatic rings. The number of nitrogens with one attached hydrogen (secondary N) is 2. The second kappa shape index (κ2) is 10.9. The molecule has 1 saturated carbocycles. The van der Waals surface area contributed by atoms with Gasteiger partial charge in [0.05, 0.1) is 19.7 Å². The van der Waals surface area contributed by atoms with Gasteiger partial charge in [-0.1, -0.05) is 12.1 Å². The van der Waals surface area contributed by atoms with Crippen molar-refractivity contribution in [2.75, 3.05) is 45.1 Å². The quantitative estimate of drug-likeness (QED) is 0.476. The standard InChI is InChI=1S/C26H34FN5O2/c1-32(2)25-20-7-5-6-8-22(20)30-26(31-25)29-19-11-9-17(10-12-19)15-28-16-18-13-23(33-3)24(34-4)14-21(18)27/h5-8,13-14,17,19,28H,9-12,15-16H2,1-4H3,(H,29,30,31). The minimum Gasteiger partial charge on any atom is -0.493 e. The molecule has 1 aliphatic carbocycles. The lowest BCUT2D eigenvalue weighted by molar-refractivity contribution is 0.322. The van der Waals surface area contributed by atoms with Gasteiger partial charge in [0.25, 0.3) is 0 Å². The summed E-state index contributed by atoms with van der Waals surface area (Å²) in [6.07, 6.45) is 4.33. The van der Waals surface area contributed by atoms with Crippen LogP contribution in [0, 0.1) is 11.7 Å². The van der Waals surface area contributed by atoms with Crippen molar-refractivity contribution in [3.05, 3.63) is 47.8 Å². The molecule has 2 aromatic carbocycles. The monoisotopic (exact) mass is 467 g/mol. The number of benzene rings is 2. The lowest BCUT2D eigenvalue weighted by atomic mass is 9.86. The fourth-order valence-corrected chi connectivity index (χ4v) is 4.60. The van der Waals surface area contributed by atoms with Crippen LogP contribution in [0.3, 0.4) is 0 Å². The molecule has 1 aromatic heterocycles. The molecule has 0 spiro atoms. The maximum atomic E-state index is 14.4. The third-order valence-electron chi connectivity index (χ3n) is 6.49.